The molecule has 0 saturated heterocycles. The predicted molar refractivity (Wildman–Crippen MR) is 73.8 cm³/mol. The highest BCUT2D eigenvalue weighted by molar-refractivity contribution is 7.90. The van der Waals surface area contributed by atoms with Gasteiger partial charge in [0.1, 0.15) is 9.84 Å². The molecule has 1 aromatic carbocycles. The van der Waals surface area contributed by atoms with Gasteiger partial charge < -0.3 is 10.0 Å². The minimum atomic E-state index is -2.94. The number of carboxylic acid groups (broad SMARTS) is 1. The molecule has 0 aliphatic heterocycles. The van der Waals surface area contributed by atoms with Crippen LogP contribution in [-0.4, -0.2) is 50.0 Å². The minimum Gasteiger partial charge on any atom is -0.481 e. The van der Waals surface area contributed by atoms with Gasteiger partial charge in [-0.1, -0.05) is 24.3 Å². The van der Waals surface area contributed by atoms with Crippen LogP contribution in [0.4, 0.5) is 0 Å². The van der Waals surface area contributed by atoms with E-state index in [9.17, 15) is 13.2 Å². The van der Waals surface area contributed by atoms with Crippen molar-refractivity contribution in [3.05, 3.63) is 35.4 Å². The molecule has 0 amide bonds. The maximum Gasteiger partial charge on any atom is 0.307 e. The molecule has 0 fully saturated rings. The first kappa shape index (κ1) is 15.7. The number of benzene rings is 1. The molecule has 1 N–H and O–H groups in total. The highest BCUT2D eigenvalue weighted by Gasteiger charge is 2.06. The van der Waals surface area contributed by atoms with Crippen LogP contribution in [0.25, 0.3) is 0 Å². The molecule has 106 valence electrons. The summed E-state index contributed by atoms with van der Waals surface area (Å²) in [4.78, 5) is 12.5. The second-order valence-electron chi connectivity index (χ2n) is 4.75. The fourth-order valence-electron chi connectivity index (χ4n) is 1.65. The lowest BCUT2D eigenvalue weighted by atomic mass is 10.1. The topological polar surface area (TPSA) is 74.7 Å². The van der Waals surface area contributed by atoms with Gasteiger partial charge in [-0.3, -0.25) is 4.79 Å². The van der Waals surface area contributed by atoms with Crippen molar-refractivity contribution in [2.45, 2.75) is 13.0 Å². The first-order chi connectivity index (χ1) is 8.76. The van der Waals surface area contributed by atoms with Gasteiger partial charge in [0.25, 0.3) is 0 Å². The van der Waals surface area contributed by atoms with Gasteiger partial charge in [0.15, 0.2) is 0 Å². The highest BCUT2D eigenvalue weighted by atomic mass is 32.2. The largest absolute Gasteiger partial charge is 0.481 e. The maximum atomic E-state index is 11.1. The molecule has 5 nitrogen and oxygen atoms in total. The zero-order chi connectivity index (χ0) is 14.5. The van der Waals surface area contributed by atoms with E-state index in [0.717, 1.165) is 11.1 Å². The number of rotatable bonds is 7. The average molecular weight is 285 g/mol. The zero-order valence-electron chi connectivity index (χ0n) is 11.2. The number of hydrogen-bond acceptors (Lipinski definition) is 4. The molecule has 0 spiro atoms. The highest BCUT2D eigenvalue weighted by Crippen LogP contribution is 2.07. The molecule has 0 atom stereocenters. The van der Waals surface area contributed by atoms with E-state index >= 15 is 0 Å². The summed E-state index contributed by atoms with van der Waals surface area (Å²) < 4.78 is 22.1. The van der Waals surface area contributed by atoms with Gasteiger partial charge in [0.2, 0.25) is 0 Å². The van der Waals surface area contributed by atoms with Crippen LogP contribution in [0.1, 0.15) is 11.1 Å². The lowest BCUT2D eigenvalue weighted by molar-refractivity contribution is -0.136. The number of carbonyl (C=O) groups is 1. The molecule has 1 rings (SSSR count). The Kier molecular flexibility index (Phi) is 5.50. The summed E-state index contributed by atoms with van der Waals surface area (Å²) in [6, 6.07) is 7.31. The monoisotopic (exact) mass is 285 g/mol. The molecule has 0 radical (unpaired) electrons. The van der Waals surface area contributed by atoms with E-state index < -0.39 is 15.8 Å². The van der Waals surface area contributed by atoms with Crippen LogP contribution in [0.15, 0.2) is 24.3 Å². The normalized spacial score (nSPS) is 11.7. The summed E-state index contributed by atoms with van der Waals surface area (Å²) in [7, 11) is -1.08. The van der Waals surface area contributed by atoms with Crippen LogP contribution in [0.2, 0.25) is 0 Å². The molecule has 0 saturated carbocycles. The van der Waals surface area contributed by atoms with Gasteiger partial charge in [-0.05, 0) is 18.2 Å². The molecule has 0 unspecified atom stereocenters. The number of nitrogens with zero attached hydrogens (tertiary/aromatic N) is 1. The van der Waals surface area contributed by atoms with Crippen LogP contribution in [0, 0.1) is 0 Å². The Morgan fingerprint density at radius 2 is 1.74 bits per heavy atom. The Bertz CT molecular complexity index is 522. The van der Waals surface area contributed by atoms with Crippen LogP contribution in [-0.2, 0) is 27.6 Å². The van der Waals surface area contributed by atoms with E-state index in [-0.39, 0.29) is 12.2 Å². The summed E-state index contributed by atoms with van der Waals surface area (Å²) in [6.45, 7) is 1.12. The van der Waals surface area contributed by atoms with Crippen molar-refractivity contribution in [2.75, 3.05) is 25.6 Å². The van der Waals surface area contributed by atoms with Crippen molar-refractivity contribution in [3.8, 4) is 0 Å². The van der Waals surface area contributed by atoms with Crippen LogP contribution < -0.4 is 0 Å². The Hall–Kier alpha value is -1.40. The summed E-state index contributed by atoms with van der Waals surface area (Å²) in [6.07, 6.45) is 1.24. The molecule has 0 aliphatic rings. The van der Waals surface area contributed by atoms with Crippen molar-refractivity contribution in [2.24, 2.45) is 0 Å². The molecule has 19 heavy (non-hydrogen) atoms. The average Bonchev–Trinajstić information content (AvgIpc) is 2.28. The van der Waals surface area contributed by atoms with E-state index in [1.807, 2.05) is 24.1 Å². The van der Waals surface area contributed by atoms with E-state index in [2.05, 4.69) is 0 Å². The molecule has 6 heteroatoms. The van der Waals surface area contributed by atoms with Crippen LogP contribution in [0.3, 0.4) is 0 Å². The zero-order valence-corrected chi connectivity index (χ0v) is 12.0. The van der Waals surface area contributed by atoms with Crippen molar-refractivity contribution in [1.82, 2.24) is 4.90 Å². The molecule has 1 aromatic rings. The van der Waals surface area contributed by atoms with Crippen LogP contribution >= 0.6 is 0 Å². The summed E-state index contributed by atoms with van der Waals surface area (Å²) in [5.74, 6) is -0.710. The Labute approximate surface area is 113 Å². The van der Waals surface area contributed by atoms with Crippen molar-refractivity contribution in [3.63, 3.8) is 0 Å². The fraction of sp³-hybridized carbons (Fsp3) is 0.462. The molecule has 0 aliphatic carbocycles. The second kappa shape index (κ2) is 6.68. The minimum absolute atomic E-state index is 0.0181. The van der Waals surface area contributed by atoms with Gasteiger partial charge in [-0.25, -0.2) is 8.42 Å². The number of hydrogen-bond donors (Lipinski definition) is 1. The van der Waals surface area contributed by atoms with Crippen LogP contribution in [0.5, 0.6) is 0 Å². The van der Waals surface area contributed by atoms with Gasteiger partial charge in [-0.2, -0.15) is 0 Å². The van der Waals surface area contributed by atoms with Gasteiger partial charge >= 0.3 is 5.97 Å². The quantitative estimate of drug-likeness (QED) is 0.801. The summed E-state index contributed by atoms with van der Waals surface area (Å²) >= 11 is 0. The standard InChI is InChI=1S/C13H19NO4S/c1-14(7-8-19(2,17)18)10-12-5-3-11(4-6-12)9-13(15)16/h3-6H,7-10H2,1-2H3,(H,15,16). The van der Waals surface area contributed by atoms with Gasteiger partial charge in [0, 0.05) is 19.3 Å². The van der Waals surface area contributed by atoms with Crippen molar-refractivity contribution >= 4 is 15.8 Å². The number of aliphatic carboxylic acids is 1. The first-order valence-corrected chi connectivity index (χ1v) is 7.98. The van der Waals surface area contributed by atoms with Gasteiger partial charge in [-0.15, -0.1) is 0 Å². The molecule has 0 aromatic heterocycles. The lowest BCUT2D eigenvalue weighted by Crippen LogP contribution is -2.24. The SMILES string of the molecule is CN(CCS(C)(=O)=O)Cc1ccc(CC(=O)O)cc1. The molecule has 0 bridgehead atoms. The van der Waals surface area contributed by atoms with Gasteiger partial charge in [0.05, 0.1) is 12.2 Å². The summed E-state index contributed by atoms with van der Waals surface area (Å²) in [5.41, 5.74) is 1.79. The lowest BCUT2D eigenvalue weighted by Gasteiger charge is -2.16. The van der Waals surface area contributed by atoms with Crippen molar-refractivity contribution < 1.29 is 18.3 Å². The Morgan fingerprint density at radius 1 is 1.21 bits per heavy atom. The summed E-state index contributed by atoms with van der Waals surface area (Å²) in [5, 5.41) is 8.66. The Morgan fingerprint density at radius 3 is 2.21 bits per heavy atom. The third-order valence-corrected chi connectivity index (χ3v) is 3.60. The van der Waals surface area contributed by atoms with E-state index in [1.54, 1.807) is 12.1 Å². The van der Waals surface area contributed by atoms with E-state index in [0.29, 0.717) is 13.1 Å². The molecular formula is C13H19NO4S. The first-order valence-electron chi connectivity index (χ1n) is 5.92. The number of sulfone groups is 1. The van der Waals surface area contributed by atoms with Crippen molar-refractivity contribution in [1.29, 1.82) is 0 Å². The molecule has 0 heterocycles. The predicted octanol–water partition coefficient (Wildman–Crippen LogP) is 0.790. The maximum absolute atomic E-state index is 11.1. The fourth-order valence-corrected chi connectivity index (χ4v) is 2.29. The third kappa shape index (κ3) is 6.93. The third-order valence-electron chi connectivity index (χ3n) is 2.67. The van der Waals surface area contributed by atoms with E-state index in [4.69, 9.17) is 5.11 Å². The molecular weight excluding hydrogens is 266 g/mol. The smallest absolute Gasteiger partial charge is 0.307 e. The Balaban J connectivity index is 2.51. The number of carboxylic acids is 1. The second-order valence-corrected chi connectivity index (χ2v) is 7.01. The van der Waals surface area contributed by atoms with E-state index in [1.165, 1.54) is 6.26 Å².